The molecule has 0 spiro atoms. The highest BCUT2D eigenvalue weighted by Gasteiger charge is 2.16. The molecule has 0 heterocycles. The molecular weight excluding hydrogens is 248 g/mol. The van der Waals surface area contributed by atoms with Crippen LogP contribution in [0.4, 0.5) is 5.69 Å². The Morgan fingerprint density at radius 2 is 2.21 bits per heavy atom. The maximum absolute atomic E-state index is 11.2. The van der Waals surface area contributed by atoms with E-state index >= 15 is 0 Å². The SMILES string of the molecule is COCC(O)CN(C)Cc1cccc(N)c1C(=O)O. The van der Waals surface area contributed by atoms with Crippen LogP contribution in [0.3, 0.4) is 0 Å². The smallest absolute Gasteiger partial charge is 0.338 e. The van der Waals surface area contributed by atoms with Crippen molar-refractivity contribution in [1.82, 2.24) is 4.90 Å². The van der Waals surface area contributed by atoms with Crippen LogP contribution in [0.25, 0.3) is 0 Å². The fraction of sp³-hybridized carbons (Fsp3) is 0.462. The molecule has 0 amide bonds. The molecule has 0 fully saturated rings. The number of nitrogens with two attached hydrogens (primary N) is 1. The van der Waals surface area contributed by atoms with E-state index in [9.17, 15) is 9.90 Å². The molecule has 0 radical (unpaired) electrons. The van der Waals surface area contributed by atoms with Gasteiger partial charge in [-0.05, 0) is 18.7 Å². The molecular formula is C13H20N2O4. The summed E-state index contributed by atoms with van der Waals surface area (Å²) in [7, 11) is 3.32. The Hall–Kier alpha value is -1.63. The predicted octanol–water partition coefficient (Wildman–Crippen LogP) is 0.406. The number of nitrogen functional groups attached to an aromatic ring is 1. The third-order valence-corrected chi connectivity index (χ3v) is 2.72. The zero-order valence-corrected chi connectivity index (χ0v) is 11.2. The van der Waals surface area contributed by atoms with E-state index in [1.54, 1.807) is 25.2 Å². The Labute approximate surface area is 112 Å². The molecule has 0 aliphatic carbocycles. The van der Waals surface area contributed by atoms with Crippen molar-refractivity contribution in [3.05, 3.63) is 29.3 Å². The topological polar surface area (TPSA) is 96.0 Å². The molecule has 6 heteroatoms. The zero-order chi connectivity index (χ0) is 14.4. The van der Waals surface area contributed by atoms with E-state index in [1.165, 1.54) is 7.11 Å². The summed E-state index contributed by atoms with van der Waals surface area (Å²) in [6.07, 6.45) is -0.607. The number of carbonyl (C=O) groups is 1. The molecule has 1 atom stereocenters. The van der Waals surface area contributed by atoms with Crippen LogP contribution in [0.1, 0.15) is 15.9 Å². The Bertz CT molecular complexity index is 437. The van der Waals surface area contributed by atoms with Crippen LogP contribution in [0.15, 0.2) is 18.2 Å². The summed E-state index contributed by atoms with van der Waals surface area (Å²) >= 11 is 0. The van der Waals surface area contributed by atoms with Crippen molar-refractivity contribution in [2.24, 2.45) is 0 Å². The lowest BCUT2D eigenvalue weighted by Gasteiger charge is -2.21. The van der Waals surface area contributed by atoms with Crippen LogP contribution < -0.4 is 5.73 Å². The van der Waals surface area contributed by atoms with Gasteiger partial charge in [0.25, 0.3) is 0 Å². The number of aromatic carboxylic acids is 1. The summed E-state index contributed by atoms with van der Waals surface area (Å²) in [5.41, 5.74) is 6.67. The second kappa shape index (κ2) is 7.08. The highest BCUT2D eigenvalue weighted by Crippen LogP contribution is 2.18. The summed E-state index contributed by atoms with van der Waals surface area (Å²) in [6.45, 7) is 1.03. The van der Waals surface area contributed by atoms with Gasteiger partial charge < -0.3 is 20.7 Å². The van der Waals surface area contributed by atoms with E-state index in [0.29, 0.717) is 18.7 Å². The number of ether oxygens (including phenoxy) is 1. The van der Waals surface area contributed by atoms with Crippen molar-refractivity contribution in [3.63, 3.8) is 0 Å². The maximum Gasteiger partial charge on any atom is 0.338 e. The van der Waals surface area contributed by atoms with E-state index in [0.717, 1.165) is 0 Å². The van der Waals surface area contributed by atoms with Gasteiger partial charge in [0.2, 0.25) is 0 Å². The highest BCUT2D eigenvalue weighted by molar-refractivity contribution is 5.95. The molecule has 1 aromatic rings. The first-order valence-corrected chi connectivity index (χ1v) is 5.92. The van der Waals surface area contributed by atoms with Gasteiger partial charge in [-0.3, -0.25) is 4.90 Å². The van der Waals surface area contributed by atoms with Crippen LogP contribution in [0.2, 0.25) is 0 Å². The number of hydrogen-bond acceptors (Lipinski definition) is 5. The molecule has 0 saturated carbocycles. The molecule has 0 aliphatic rings. The summed E-state index contributed by atoms with van der Waals surface area (Å²) in [6, 6.07) is 5.00. The first-order chi connectivity index (χ1) is 8.95. The number of rotatable bonds is 7. The number of anilines is 1. The summed E-state index contributed by atoms with van der Waals surface area (Å²) in [5, 5.41) is 18.8. The van der Waals surface area contributed by atoms with Gasteiger partial charge >= 0.3 is 5.97 Å². The average Bonchev–Trinajstić information content (AvgIpc) is 2.28. The minimum absolute atomic E-state index is 0.121. The third-order valence-electron chi connectivity index (χ3n) is 2.72. The monoisotopic (exact) mass is 268 g/mol. The van der Waals surface area contributed by atoms with Crippen molar-refractivity contribution < 1.29 is 19.7 Å². The quantitative estimate of drug-likeness (QED) is 0.620. The van der Waals surface area contributed by atoms with Crippen molar-refractivity contribution in [2.75, 3.05) is 33.0 Å². The van der Waals surface area contributed by atoms with Crippen molar-refractivity contribution >= 4 is 11.7 Å². The third kappa shape index (κ3) is 4.51. The number of benzene rings is 1. The molecule has 0 aliphatic heterocycles. The summed E-state index contributed by atoms with van der Waals surface area (Å²) < 4.78 is 4.84. The van der Waals surface area contributed by atoms with Gasteiger partial charge in [-0.25, -0.2) is 4.79 Å². The fourth-order valence-corrected chi connectivity index (χ4v) is 1.97. The van der Waals surface area contributed by atoms with Crippen molar-refractivity contribution in [1.29, 1.82) is 0 Å². The number of carboxylic acids is 1. The Morgan fingerprint density at radius 3 is 2.79 bits per heavy atom. The minimum atomic E-state index is -1.04. The molecule has 0 bridgehead atoms. The fourth-order valence-electron chi connectivity index (χ4n) is 1.97. The number of carboxylic acid groups (broad SMARTS) is 1. The van der Waals surface area contributed by atoms with Gasteiger partial charge in [-0.2, -0.15) is 0 Å². The minimum Gasteiger partial charge on any atom is -0.478 e. The number of nitrogens with zero attached hydrogens (tertiary/aromatic N) is 1. The van der Waals surface area contributed by atoms with E-state index < -0.39 is 12.1 Å². The van der Waals surface area contributed by atoms with Crippen LogP contribution in [0.5, 0.6) is 0 Å². The van der Waals surface area contributed by atoms with Gasteiger partial charge in [0.15, 0.2) is 0 Å². The number of hydrogen-bond donors (Lipinski definition) is 3. The van der Waals surface area contributed by atoms with E-state index in [2.05, 4.69) is 0 Å². The van der Waals surface area contributed by atoms with Gasteiger partial charge in [0.1, 0.15) is 0 Å². The van der Waals surface area contributed by atoms with Gasteiger partial charge in [-0.15, -0.1) is 0 Å². The molecule has 1 aromatic carbocycles. The lowest BCUT2D eigenvalue weighted by molar-refractivity contribution is 0.0418. The lowest BCUT2D eigenvalue weighted by atomic mass is 10.0. The Kier molecular flexibility index (Phi) is 5.75. The van der Waals surface area contributed by atoms with Crippen LogP contribution in [0, 0.1) is 0 Å². The first kappa shape index (κ1) is 15.4. The second-order valence-electron chi connectivity index (χ2n) is 4.49. The Morgan fingerprint density at radius 1 is 1.53 bits per heavy atom. The second-order valence-corrected chi connectivity index (χ2v) is 4.49. The van der Waals surface area contributed by atoms with Crippen LogP contribution in [-0.2, 0) is 11.3 Å². The zero-order valence-electron chi connectivity index (χ0n) is 11.2. The molecule has 106 valence electrons. The van der Waals surface area contributed by atoms with Gasteiger partial charge in [0.05, 0.1) is 18.3 Å². The van der Waals surface area contributed by atoms with E-state index in [-0.39, 0.29) is 17.9 Å². The number of likely N-dealkylation sites (N-methyl/N-ethyl adjacent to an activating group) is 1. The number of methoxy groups -OCH3 is 1. The molecule has 6 nitrogen and oxygen atoms in total. The van der Waals surface area contributed by atoms with E-state index in [1.807, 2.05) is 4.90 Å². The van der Waals surface area contributed by atoms with E-state index in [4.69, 9.17) is 15.6 Å². The molecule has 1 unspecified atom stereocenters. The molecule has 4 N–H and O–H groups in total. The number of aliphatic hydroxyl groups is 1. The lowest BCUT2D eigenvalue weighted by Crippen LogP contribution is -2.32. The highest BCUT2D eigenvalue weighted by atomic mass is 16.5. The normalized spacial score (nSPS) is 12.6. The van der Waals surface area contributed by atoms with Crippen LogP contribution in [-0.4, -0.2) is 54.5 Å². The predicted molar refractivity (Wildman–Crippen MR) is 72.0 cm³/mol. The maximum atomic E-state index is 11.2. The Balaban J connectivity index is 2.76. The largest absolute Gasteiger partial charge is 0.478 e. The first-order valence-electron chi connectivity index (χ1n) is 5.92. The molecule has 19 heavy (non-hydrogen) atoms. The molecule has 1 rings (SSSR count). The van der Waals surface area contributed by atoms with Crippen molar-refractivity contribution in [3.8, 4) is 0 Å². The molecule has 0 aromatic heterocycles. The summed E-state index contributed by atoms with van der Waals surface area (Å²) in [4.78, 5) is 13.0. The van der Waals surface area contributed by atoms with Gasteiger partial charge in [-0.1, -0.05) is 12.1 Å². The standard InChI is InChI=1S/C13H20N2O4/c1-15(7-10(16)8-19-2)6-9-4-3-5-11(14)12(9)13(17)18/h3-5,10,16H,6-8,14H2,1-2H3,(H,17,18). The van der Waals surface area contributed by atoms with Crippen LogP contribution >= 0.6 is 0 Å². The molecule has 0 saturated heterocycles. The van der Waals surface area contributed by atoms with Crippen molar-refractivity contribution in [2.45, 2.75) is 12.6 Å². The van der Waals surface area contributed by atoms with Gasteiger partial charge in [0, 0.05) is 25.9 Å². The average molecular weight is 268 g/mol. The number of aliphatic hydroxyl groups excluding tert-OH is 1. The summed E-state index contributed by atoms with van der Waals surface area (Å²) in [5.74, 6) is -1.04.